The molecule has 0 amide bonds. The molecule has 3 nitrogen and oxygen atoms in total. The first-order valence-corrected chi connectivity index (χ1v) is 7.91. The maximum absolute atomic E-state index is 6.47. The average molecular weight is 304 g/mol. The van der Waals surface area contributed by atoms with E-state index in [1.165, 1.54) is 24.8 Å². The lowest BCUT2D eigenvalue weighted by molar-refractivity contribution is 0.302. The van der Waals surface area contributed by atoms with E-state index in [0.29, 0.717) is 11.6 Å². The second kappa shape index (κ2) is 4.79. The third kappa shape index (κ3) is 1.77. The summed E-state index contributed by atoms with van der Waals surface area (Å²) in [4.78, 5) is 0. The van der Waals surface area contributed by atoms with Gasteiger partial charge in [-0.25, -0.2) is 0 Å². The van der Waals surface area contributed by atoms with Gasteiger partial charge in [0.25, 0.3) is 0 Å². The van der Waals surface area contributed by atoms with Gasteiger partial charge in [-0.2, -0.15) is 0 Å². The predicted octanol–water partition coefficient (Wildman–Crippen LogP) is 4.99. The van der Waals surface area contributed by atoms with Crippen molar-refractivity contribution in [2.24, 2.45) is 5.73 Å². The minimum Gasteiger partial charge on any atom is -0.464 e. The number of benzene rings is 1. The zero-order chi connectivity index (χ0) is 14.4. The van der Waals surface area contributed by atoms with Gasteiger partial charge in [-0.1, -0.05) is 30.9 Å². The molecule has 21 heavy (non-hydrogen) atoms. The van der Waals surface area contributed by atoms with Crippen molar-refractivity contribution in [3.05, 3.63) is 35.2 Å². The highest BCUT2D eigenvalue weighted by atomic mass is 35.5. The van der Waals surface area contributed by atoms with Crippen LogP contribution in [0.5, 0.6) is 0 Å². The molecule has 1 aliphatic rings. The summed E-state index contributed by atoms with van der Waals surface area (Å²) in [6, 6.07) is 3.90. The van der Waals surface area contributed by atoms with Crippen LogP contribution >= 0.6 is 11.6 Å². The van der Waals surface area contributed by atoms with Crippen LogP contribution in [0.4, 0.5) is 0 Å². The van der Waals surface area contributed by atoms with Gasteiger partial charge in [-0.15, -0.1) is 0 Å². The Kier molecular flexibility index (Phi) is 3.02. The molecule has 4 rings (SSSR count). The molecule has 0 unspecified atom stereocenters. The van der Waals surface area contributed by atoms with Crippen LogP contribution in [0.1, 0.15) is 37.7 Å². The van der Waals surface area contributed by atoms with E-state index in [2.05, 4.69) is 0 Å². The summed E-state index contributed by atoms with van der Waals surface area (Å²) in [5, 5.41) is 2.60. The van der Waals surface area contributed by atoms with Gasteiger partial charge in [0.2, 0.25) is 0 Å². The van der Waals surface area contributed by atoms with Crippen molar-refractivity contribution >= 4 is 33.5 Å². The predicted molar refractivity (Wildman–Crippen MR) is 84.8 cm³/mol. The standard InChI is InChI=1S/C17H18ClNO2/c18-14-12-5-9-20-15(12)13(11-4-8-21-16(11)14)17(10-19)6-2-1-3-7-17/h4-5,8-9H,1-3,6-7,10,19H2. The fourth-order valence-corrected chi connectivity index (χ4v) is 4.20. The number of hydrogen-bond donors (Lipinski definition) is 1. The quantitative estimate of drug-likeness (QED) is 0.725. The van der Waals surface area contributed by atoms with E-state index in [-0.39, 0.29) is 5.41 Å². The zero-order valence-electron chi connectivity index (χ0n) is 11.8. The highest BCUT2D eigenvalue weighted by Crippen LogP contribution is 2.47. The van der Waals surface area contributed by atoms with Crippen molar-refractivity contribution in [3.63, 3.8) is 0 Å². The molecule has 0 aliphatic heterocycles. The van der Waals surface area contributed by atoms with Crippen molar-refractivity contribution in [2.45, 2.75) is 37.5 Å². The fourth-order valence-electron chi connectivity index (χ4n) is 3.91. The smallest absolute Gasteiger partial charge is 0.153 e. The monoisotopic (exact) mass is 303 g/mol. The summed E-state index contributed by atoms with van der Waals surface area (Å²) in [6.45, 7) is 0.630. The van der Waals surface area contributed by atoms with Crippen LogP contribution in [0.25, 0.3) is 21.9 Å². The first-order valence-electron chi connectivity index (χ1n) is 7.53. The summed E-state index contributed by atoms with van der Waals surface area (Å²) in [5.74, 6) is 0. The number of halogens is 1. The first kappa shape index (κ1) is 13.2. The molecule has 2 N–H and O–H groups in total. The molecular weight excluding hydrogens is 286 g/mol. The van der Waals surface area contributed by atoms with E-state index < -0.39 is 0 Å². The third-order valence-corrected chi connectivity index (χ3v) is 5.37. The van der Waals surface area contributed by atoms with E-state index in [0.717, 1.165) is 34.8 Å². The highest BCUT2D eigenvalue weighted by molar-refractivity contribution is 6.40. The summed E-state index contributed by atoms with van der Waals surface area (Å²) in [5.41, 5.74) is 9.01. The van der Waals surface area contributed by atoms with Crippen molar-refractivity contribution in [1.82, 2.24) is 0 Å². The number of nitrogens with two attached hydrogens (primary N) is 1. The molecule has 0 spiro atoms. The third-order valence-electron chi connectivity index (χ3n) is 4.99. The van der Waals surface area contributed by atoms with Crippen LogP contribution in [0.2, 0.25) is 5.02 Å². The van der Waals surface area contributed by atoms with Crippen LogP contribution in [0.15, 0.2) is 33.5 Å². The zero-order valence-corrected chi connectivity index (χ0v) is 12.6. The SMILES string of the molecule is NCC1(c2c3ccoc3c(Cl)c3ccoc23)CCCCC1. The van der Waals surface area contributed by atoms with Crippen LogP contribution in [-0.2, 0) is 5.41 Å². The second-order valence-electron chi connectivity index (χ2n) is 6.06. The second-order valence-corrected chi connectivity index (χ2v) is 6.44. The summed E-state index contributed by atoms with van der Waals surface area (Å²) in [7, 11) is 0. The van der Waals surface area contributed by atoms with Gasteiger partial charge < -0.3 is 14.6 Å². The number of rotatable bonds is 2. The molecule has 0 saturated heterocycles. The molecule has 3 aromatic rings. The molecule has 1 fully saturated rings. The Balaban J connectivity index is 2.11. The van der Waals surface area contributed by atoms with Crippen molar-refractivity contribution in [1.29, 1.82) is 0 Å². The van der Waals surface area contributed by atoms with E-state index in [1.54, 1.807) is 12.5 Å². The van der Waals surface area contributed by atoms with Gasteiger partial charge in [-0.05, 0) is 25.0 Å². The van der Waals surface area contributed by atoms with Gasteiger partial charge in [0.15, 0.2) is 5.58 Å². The largest absolute Gasteiger partial charge is 0.464 e. The maximum atomic E-state index is 6.47. The van der Waals surface area contributed by atoms with Crippen LogP contribution in [0, 0.1) is 0 Å². The Morgan fingerprint density at radius 1 is 1.00 bits per heavy atom. The van der Waals surface area contributed by atoms with Crippen molar-refractivity contribution in [3.8, 4) is 0 Å². The molecule has 0 bridgehead atoms. The summed E-state index contributed by atoms with van der Waals surface area (Å²) < 4.78 is 11.4. The Morgan fingerprint density at radius 2 is 1.67 bits per heavy atom. The molecule has 110 valence electrons. The van der Waals surface area contributed by atoms with Crippen LogP contribution < -0.4 is 5.73 Å². The molecule has 0 radical (unpaired) electrons. The minimum absolute atomic E-state index is 0.0267. The highest BCUT2D eigenvalue weighted by Gasteiger charge is 2.37. The number of furan rings is 2. The van der Waals surface area contributed by atoms with Crippen molar-refractivity contribution in [2.75, 3.05) is 6.54 Å². The van der Waals surface area contributed by atoms with Crippen LogP contribution in [0.3, 0.4) is 0 Å². The normalized spacial score (nSPS) is 18.6. The molecule has 2 aromatic heterocycles. The lowest BCUT2D eigenvalue weighted by Gasteiger charge is -2.37. The molecule has 1 aliphatic carbocycles. The Morgan fingerprint density at radius 3 is 2.38 bits per heavy atom. The Hall–Kier alpha value is -1.45. The minimum atomic E-state index is -0.0267. The summed E-state index contributed by atoms with van der Waals surface area (Å²) in [6.07, 6.45) is 9.30. The van der Waals surface area contributed by atoms with E-state index in [4.69, 9.17) is 26.2 Å². The lowest BCUT2D eigenvalue weighted by atomic mass is 9.68. The van der Waals surface area contributed by atoms with Gasteiger partial charge in [0, 0.05) is 28.3 Å². The van der Waals surface area contributed by atoms with Crippen LogP contribution in [-0.4, -0.2) is 6.54 Å². The van der Waals surface area contributed by atoms with E-state index in [1.807, 2.05) is 12.1 Å². The van der Waals surface area contributed by atoms with Gasteiger partial charge in [-0.3, -0.25) is 0 Å². The molecule has 0 atom stereocenters. The van der Waals surface area contributed by atoms with Gasteiger partial charge >= 0.3 is 0 Å². The number of fused-ring (bicyclic) bond motifs is 2. The molecule has 4 heteroatoms. The molecule has 1 saturated carbocycles. The maximum Gasteiger partial charge on any atom is 0.153 e. The van der Waals surface area contributed by atoms with E-state index >= 15 is 0 Å². The number of hydrogen-bond acceptors (Lipinski definition) is 3. The van der Waals surface area contributed by atoms with Gasteiger partial charge in [0.05, 0.1) is 17.5 Å². The molecule has 1 aromatic carbocycles. The Bertz CT molecular complexity index is 744. The molecular formula is C17H18ClNO2. The van der Waals surface area contributed by atoms with Crippen molar-refractivity contribution < 1.29 is 8.83 Å². The Labute approximate surface area is 128 Å². The fraction of sp³-hybridized carbons (Fsp3) is 0.412. The topological polar surface area (TPSA) is 52.3 Å². The average Bonchev–Trinajstić information content (AvgIpc) is 3.17. The molecule has 2 heterocycles. The summed E-state index contributed by atoms with van der Waals surface area (Å²) >= 11 is 6.47. The first-order chi connectivity index (χ1) is 10.3. The van der Waals surface area contributed by atoms with E-state index in [9.17, 15) is 0 Å². The lowest BCUT2D eigenvalue weighted by Crippen LogP contribution is -2.37. The van der Waals surface area contributed by atoms with Gasteiger partial charge in [0.1, 0.15) is 5.58 Å².